The van der Waals surface area contributed by atoms with Gasteiger partial charge in [-0.1, -0.05) is 15.9 Å². The Morgan fingerprint density at radius 3 is 2.43 bits per heavy atom. The molecular formula is C10H9BrF2O. The van der Waals surface area contributed by atoms with Crippen LogP contribution in [0.1, 0.15) is 6.42 Å². The highest BCUT2D eigenvalue weighted by Crippen LogP contribution is 2.48. The van der Waals surface area contributed by atoms with E-state index in [1.807, 2.05) is 12.1 Å². The van der Waals surface area contributed by atoms with E-state index in [0.717, 1.165) is 4.47 Å². The van der Waals surface area contributed by atoms with Crippen molar-refractivity contribution in [3.05, 3.63) is 28.7 Å². The van der Waals surface area contributed by atoms with E-state index in [0.29, 0.717) is 5.75 Å². The predicted molar refractivity (Wildman–Crippen MR) is 52.7 cm³/mol. The topological polar surface area (TPSA) is 9.23 Å². The summed E-state index contributed by atoms with van der Waals surface area (Å²) in [6, 6.07) is 7.15. The Morgan fingerprint density at radius 1 is 1.36 bits per heavy atom. The van der Waals surface area contributed by atoms with Crippen LogP contribution in [0.5, 0.6) is 5.75 Å². The van der Waals surface area contributed by atoms with E-state index in [9.17, 15) is 8.78 Å². The molecule has 1 atom stereocenters. The summed E-state index contributed by atoms with van der Waals surface area (Å²) < 4.78 is 31.1. The molecule has 0 radical (unpaired) electrons. The molecule has 4 heteroatoms. The van der Waals surface area contributed by atoms with E-state index in [-0.39, 0.29) is 13.0 Å². The fraction of sp³-hybridized carbons (Fsp3) is 0.400. The third-order valence-corrected chi connectivity index (χ3v) is 2.75. The SMILES string of the molecule is FC1(F)C[C@H]1COc1ccc(Br)cc1. The van der Waals surface area contributed by atoms with Crippen molar-refractivity contribution in [2.24, 2.45) is 5.92 Å². The molecule has 1 fully saturated rings. The van der Waals surface area contributed by atoms with Gasteiger partial charge in [-0.2, -0.15) is 0 Å². The first-order valence-electron chi connectivity index (χ1n) is 4.34. The summed E-state index contributed by atoms with van der Waals surface area (Å²) >= 11 is 3.28. The average Bonchev–Trinajstić information content (AvgIpc) is 2.73. The molecule has 0 amide bonds. The van der Waals surface area contributed by atoms with Crippen LogP contribution in [0, 0.1) is 5.92 Å². The molecule has 0 aliphatic heterocycles. The molecule has 0 bridgehead atoms. The first-order chi connectivity index (χ1) is 6.58. The van der Waals surface area contributed by atoms with Crippen molar-refractivity contribution in [3.8, 4) is 5.75 Å². The fourth-order valence-corrected chi connectivity index (χ4v) is 1.44. The van der Waals surface area contributed by atoms with Gasteiger partial charge < -0.3 is 4.74 Å². The minimum absolute atomic E-state index is 0.0382. The van der Waals surface area contributed by atoms with Gasteiger partial charge in [-0.3, -0.25) is 0 Å². The Hall–Kier alpha value is -0.640. The van der Waals surface area contributed by atoms with Crippen LogP contribution in [-0.4, -0.2) is 12.5 Å². The molecule has 1 aromatic rings. The molecule has 0 spiro atoms. The molecule has 1 aliphatic carbocycles. The highest BCUT2D eigenvalue weighted by atomic mass is 79.9. The summed E-state index contributed by atoms with van der Waals surface area (Å²) in [6.07, 6.45) is -0.0382. The molecular weight excluding hydrogens is 254 g/mol. The Balaban J connectivity index is 1.84. The maximum absolute atomic E-state index is 12.5. The van der Waals surface area contributed by atoms with Crippen LogP contribution >= 0.6 is 15.9 Å². The fourth-order valence-electron chi connectivity index (χ4n) is 1.18. The van der Waals surface area contributed by atoms with Crippen LogP contribution in [0.3, 0.4) is 0 Å². The molecule has 1 saturated carbocycles. The zero-order valence-corrected chi connectivity index (χ0v) is 8.93. The lowest BCUT2D eigenvalue weighted by Gasteiger charge is -2.04. The van der Waals surface area contributed by atoms with Crippen LogP contribution < -0.4 is 4.74 Å². The van der Waals surface area contributed by atoms with Crippen LogP contribution in [0.25, 0.3) is 0 Å². The van der Waals surface area contributed by atoms with Crippen LogP contribution in [0.15, 0.2) is 28.7 Å². The number of alkyl halides is 2. The minimum Gasteiger partial charge on any atom is -0.493 e. The first-order valence-corrected chi connectivity index (χ1v) is 5.13. The number of ether oxygens (including phenoxy) is 1. The monoisotopic (exact) mass is 262 g/mol. The van der Waals surface area contributed by atoms with Gasteiger partial charge in [0.15, 0.2) is 0 Å². The van der Waals surface area contributed by atoms with Gasteiger partial charge in [0.1, 0.15) is 5.75 Å². The van der Waals surface area contributed by atoms with Gasteiger partial charge in [0.2, 0.25) is 0 Å². The Kier molecular flexibility index (Phi) is 2.47. The van der Waals surface area contributed by atoms with Gasteiger partial charge in [0.25, 0.3) is 5.92 Å². The summed E-state index contributed by atoms with van der Waals surface area (Å²) in [5.74, 6) is -2.45. The van der Waals surface area contributed by atoms with E-state index in [1.54, 1.807) is 12.1 Å². The lowest BCUT2D eigenvalue weighted by atomic mass is 10.3. The van der Waals surface area contributed by atoms with Gasteiger partial charge in [0, 0.05) is 10.9 Å². The zero-order valence-electron chi connectivity index (χ0n) is 7.34. The van der Waals surface area contributed by atoms with Crippen LogP contribution in [-0.2, 0) is 0 Å². The Morgan fingerprint density at radius 2 is 1.93 bits per heavy atom. The normalized spacial score (nSPS) is 23.2. The number of benzene rings is 1. The van der Waals surface area contributed by atoms with E-state index < -0.39 is 11.8 Å². The molecule has 1 aliphatic rings. The second-order valence-electron chi connectivity index (χ2n) is 3.43. The van der Waals surface area contributed by atoms with Crippen LogP contribution in [0.2, 0.25) is 0 Å². The van der Waals surface area contributed by atoms with Gasteiger partial charge in [-0.25, -0.2) is 8.78 Å². The van der Waals surface area contributed by atoms with Gasteiger partial charge >= 0.3 is 0 Å². The van der Waals surface area contributed by atoms with Crippen molar-refractivity contribution in [2.75, 3.05) is 6.61 Å². The summed E-state index contributed by atoms with van der Waals surface area (Å²) in [5.41, 5.74) is 0. The number of hydrogen-bond donors (Lipinski definition) is 0. The van der Waals surface area contributed by atoms with E-state index in [2.05, 4.69) is 15.9 Å². The number of rotatable bonds is 3. The Labute approximate surface area is 89.2 Å². The molecule has 1 nitrogen and oxygen atoms in total. The maximum Gasteiger partial charge on any atom is 0.255 e. The van der Waals surface area contributed by atoms with Crippen molar-refractivity contribution in [3.63, 3.8) is 0 Å². The molecule has 1 aromatic carbocycles. The molecule has 0 heterocycles. The lowest BCUT2D eigenvalue weighted by molar-refractivity contribution is 0.0856. The molecule has 0 aromatic heterocycles. The van der Waals surface area contributed by atoms with E-state index in [1.165, 1.54) is 0 Å². The molecule has 2 rings (SSSR count). The number of hydrogen-bond acceptors (Lipinski definition) is 1. The molecule has 76 valence electrons. The minimum atomic E-state index is -2.49. The quantitative estimate of drug-likeness (QED) is 0.811. The van der Waals surface area contributed by atoms with Gasteiger partial charge in [0.05, 0.1) is 12.5 Å². The Bertz CT molecular complexity index is 323. The number of halogens is 3. The molecule has 0 unspecified atom stereocenters. The summed E-state index contributed by atoms with van der Waals surface area (Å²) in [7, 11) is 0. The average molecular weight is 263 g/mol. The van der Waals surface area contributed by atoms with Crippen LogP contribution in [0.4, 0.5) is 8.78 Å². The van der Waals surface area contributed by atoms with E-state index >= 15 is 0 Å². The van der Waals surface area contributed by atoms with Gasteiger partial charge in [-0.05, 0) is 24.3 Å². The van der Waals surface area contributed by atoms with Gasteiger partial charge in [-0.15, -0.1) is 0 Å². The largest absolute Gasteiger partial charge is 0.493 e. The summed E-state index contributed by atoms with van der Waals surface area (Å²) in [5, 5.41) is 0. The second kappa shape index (κ2) is 3.50. The third-order valence-electron chi connectivity index (χ3n) is 2.22. The predicted octanol–water partition coefficient (Wildman–Crippen LogP) is 3.48. The summed E-state index contributed by atoms with van der Waals surface area (Å²) in [6.45, 7) is 0.106. The first kappa shape index (κ1) is 9.90. The third kappa shape index (κ3) is 2.23. The zero-order chi connectivity index (χ0) is 10.2. The second-order valence-corrected chi connectivity index (χ2v) is 4.34. The molecule has 14 heavy (non-hydrogen) atoms. The smallest absolute Gasteiger partial charge is 0.255 e. The highest BCUT2D eigenvalue weighted by Gasteiger charge is 2.57. The van der Waals surface area contributed by atoms with E-state index in [4.69, 9.17) is 4.74 Å². The molecule has 0 saturated heterocycles. The lowest BCUT2D eigenvalue weighted by Crippen LogP contribution is -2.05. The van der Waals surface area contributed by atoms with Crippen molar-refractivity contribution >= 4 is 15.9 Å². The van der Waals surface area contributed by atoms with Crippen molar-refractivity contribution < 1.29 is 13.5 Å². The maximum atomic E-state index is 12.5. The highest BCUT2D eigenvalue weighted by molar-refractivity contribution is 9.10. The standard InChI is InChI=1S/C10H9BrF2O/c11-8-1-3-9(4-2-8)14-6-7-5-10(7,12)13/h1-4,7H,5-6H2/t7-/m0/s1. The molecule has 0 N–H and O–H groups in total. The van der Waals surface area contributed by atoms with Crippen molar-refractivity contribution in [2.45, 2.75) is 12.3 Å². The van der Waals surface area contributed by atoms with Crippen molar-refractivity contribution in [1.29, 1.82) is 0 Å². The summed E-state index contributed by atoms with van der Waals surface area (Å²) in [4.78, 5) is 0. The van der Waals surface area contributed by atoms with Crippen molar-refractivity contribution in [1.82, 2.24) is 0 Å².